The summed E-state index contributed by atoms with van der Waals surface area (Å²) >= 11 is 3.15. The Balaban J connectivity index is 1.23. The average molecular weight is 401 g/mol. The molecule has 1 fully saturated rings. The number of nitrogens with zero attached hydrogens (tertiary/aromatic N) is 4. The molecule has 4 heterocycles. The van der Waals surface area contributed by atoms with Crippen molar-refractivity contribution in [2.75, 3.05) is 26.2 Å². The van der Waals surface area contributed by atoms with Crippen molar-refractivity contribution in [2.45, 2.75) is 25.8 Å². The Morgan fingerprint density at radius 2 is 2.00 bits per heavy atom. The maximum Gasteiger partial charge on any atom is 0.264 e. The van der Waals surface area contributed by atoms with Crippen LogP contribution in [0, 0.1) is 0 Å². The van der Waals surface area contributed by atoms with Gasteiger partial charge in [-0.3, -0.25) is 18.9 Å². The van der Waals surface area contributed by atoms with E-state index >= 15 is 0 Å². The molecule has 0 aromatic carbocycles. The van der Waals surface area contributed by atoms with Crippen molar-refractivity contribution in [1.82, 2.24) is 19.2 Å². The Kier molecular flexibility index (Phi) is 4.34. The van der Waals surface area contributed by atoms with E-state index in [2.05, 4.69) is 16.0 Å². The number of hydrogen-bond acceptors (Lipinski definition) is 6. The quantitative estimate of drug-likeness (QED) is 0.677. The third-order valence-electron chi connectivity index (χ3n) is 5.36. The van der Waals surface area contributed by atoms with Crippen LogP contribution >= 0.6 is 22.7 Å². The van der Waals surface area contributed by atoms with Gasteiger partial charge < -0.3 is 4.90 Å². The van der Waals surface area contributed by atoms with Crippen molar-refractivity contribution >= 4 is 33.5 Å². The average Bonchev–Trinajstić information content (AvgIpc) is 3.37. The highest BCUT2D eigenvalue weighted by atomic mass is 32.1. The van der Waals surface area contributed by atoms with Crippen LogP contribution in [0.3, 0.4) is 0 Å². The van der Waals surface area contributed by atoms with Gasteiger partial charge in [-0.05, 0) is 30.9 Å². The fraction of sp³-hybridized carbons (Fsp3) is 0.421. The molecule has 1 saturated heterocycles. The summed E-state index contributed by atoms with van der Waals surface area (Å²) < 4.78 is 1.57. The summed E-state index contributed by atoms with van der Waals surface area (Å²) in [5.41, 5.74) is 2.15. The van der Waals surface area contributed by atoms with Gasteiger partial charge in [-0.2, -0.15) is 0 Å². The lowest BCUT2D eigenvalue weighted by molar-refractivity contribution is 0.0632. The number of aromatic nitrogens is 2. The molecule has 0 atom stereocenters. The van der Waals surface area contributed by atoms with Crippen LogP contribution in [0.5, 0.6) is 0 Å². The van der Waals surface area contributed by atoms with E-state index < -0.39 is 0 Å². The fourth-order valence-corrected chi connectivity index (χ4v) is 5.86. The molecule has 3 aromatic heterocycles. The minimum Gasteiger partial charge on any atom is -0.335 e. The highest BCUT2D eigenvalue weighted by molar-refractivity contribution is 7.15. The van der Waals surface area contributed by atoms with Gasteiger partial charge in [0, 0.05) is 55.2 Å². The first-order chi connectivity index (χ1) is 13.2. The van der Waals surface area contributed by atoms with Crippen molar-refractivity contribution < 1.29 is 4.79 Å². The normalized spacial score (nSPS) is 17.6. The molecule has 8 heteroatoms. The monoisotopic (exact) mass is 400 g/mol. The maximum absolute atomic E-state index is 12.8. The zero-order chi connectivity index (χ0) is 18.4. The van der Waals surface area contributed by atoms with E-state index in [1.54, 1.807) is 28.0 Å². The highest BCUT2D eigenvalue weighted by Gasteiger charge is 2.25. The molecule has 27 heavy (non-hydrogen) atoms. The predicted octanol–water partition coefficient (Wildman–Crippen LogP) is 2.26. The predicted molar refractivity (Wildman–Crippen MR) is 107 cm³/mol. The van der Waals surface area contributed by atoms with Crippen LogP contribution in [0.4, 0.5) is 0 Å². The zero-order valence-corrected chi connectivity index (χ0v) is 16.5. The fourth-order valence-electron chi connectivity index (χ4n) is 3.90. The number of hydrogen-bond donors (Lipinski definition) is 0. The van der Waals surface area contributed by atoms with Crippen LogP contribution in [0.1, 0.15) is 32.2 Å². The minimum atomic E-state index is -0.0317. The van der Waals surface area contributed by atoms with Crippen LogP contribution in [0.2, 0.25) is 0 Å². The Morgan fingerprint density at radius 1 is 1.15 bits per heavy atom. The van der Waals surface area contributed by atoms with E-state index in [1.807, 2.05) is 10.3 Å². The Hall–Kier alpha value is -2.03. The standard InChI is InChI=1S/C19H20N4O2S2/c24-17-11-14(20-19-23(17)8-9-26-19)12-21-4-6-22(7-5-21)18(25)16-10-13-2-1-3-15(13)27-16/h8-11H,1-7,12H2. The number of amides is 1. The molecule has 0 spiro atoms. The van der Waals surface area contributed by atoms with Crippen LogP contribution in [-0.4, -0.2) is 51.3 Å². The second kappa shape index (κ2) is 6.85. The topological polar surface area (TPSA) is 57.9 Å². The highest BCUT2D eigenvalue weighted by Crippen LogP contribution is 2.31. The molecule has 0 radical (unpaired) electrons. The molecule has 1 aliphatic carbocycles. The molecular formula is C19H20N4O2S2. The first-order valence-electron chi connectivity index (χ1n) is 9.26. The third kappa shape index (κ3) is 3.22. The van der Waals surface area contributed by atoms with Gasteiger partial charge in [-0.15, -0.1) is 22.7 Å². The molecular weight excluding hydrogens is 380 g/mol. The Bertz CT molecular complexity index is 1040. The lowest BCUT2D eigenvalue weighted by Gasteiger charge is -2.34. The Labute approximate surface area is 164 Å². The molecule has 6 nitrogen and oxygen atoms in total. The number of piperazine rings is 1. The van der Waals surface area contributed by atoms with Crippen LogP contribution in [0.25, 0.3) is 4.96 Å². The molecule has 0 bridgehead atoms. The molecule has 3 aromatic rings. The number of fused-ring (bicyclic) bond motifs is 2. The SMILES string of the molecule is O=C(c1cc2c(s1)CCC2)N1CCN(Cc2cc(=O)n3ccsc3n2)CC1. The van der Waals surface area contributed by atoms with Gasteiger partial charge in [0.05, 0.1) is 10.6 Å². The van der Waals surface area contributed by atoms with E-state index in [-0.39, 0.29) is 11.5 Å². The summed E-state index contributed by atoms with van der Waals surface area (Å²) in [6.07, 6.45) is 5.23. The van der Waals surface area contributed by atoms with Crippen molar-refractivity contribution in [3.8, 4) is 0 Å². The summed E-state index contributed by atoms with van der Waals surface area (Å²) in [5.74, 6) is 0.172. The smallest absolute Gasteiger partial charge is 0.264 e. The number of rotatable bonds is 3. The maximum atomic E-state index is 12.8. The lowest BCUT2D eigenvalue weighted by atomic mass is 10.2. The number of carbonyl (C=O) groups is 1. The molecule has 0 unspecified atom stereocenters. The van der Waals surface area contributed by atoms with Crippen LogP contribution < -0.4 is 5.56 Å². The van der Waals surface area contributed by atoms with E-state index in [9.17, 15) is 9.59 Å². The van der Waals surface area contributed by atoms with Crippen molar-refractivity contribution in [3.05, 3.63) is 55.1 Å². The van der Waals surface area contributed by atoms with Crippen molar-refractivity contribution in [1.29, 1.82) is 0 Å². The molecule has 0 N–H and O–H groups in total. The van der Waals surface area contributed by atoms with Gasteiger partial charge >= 0.3 is 0 Å². The summed E-state index contributed by atoms with van der Waals surface area (Å²) in [6.45, 7) is 3.72. The minimum absolute atomic E-state index is 0.0317. The first-order valence-corrected chi connectivity index (χ1v) is 11.0. The van der Waals surface area contributed by atoms with Crippen LogP contribution in [-0.2, 0) is 19.4 Å². The molecule has 1 amide bonds. The summed E-state index contributed by atoms with van der Waals surface area (Å²) in [4.78, 5) is 36.8. The van der Waals surface area contributed by atoms with Crippen molar-refractivity contribution in [2.24, 2.45) is 0 Å². The van der Waals surface area contributed by atoms with E-state index in [1.165, 1.54) is 28.2 Å². The number of aryl methyl sites for hydroxylation is 2. The Morgan fingerprint density at radius 3 is 2.81 bits per heavy atom. The van der Waals surface area contributed by atoms with Gasteiger partial charge in [-0.25, -0.2) is 4.98 Å². The number of carbonyl (C=O) groups excluding carboxylic acids is 1. The molecule has 2 aliphatic rings. The second-order valence-electron chi connectivity index (χ2n) is 7.12. The van der Waals surface area contributed by atoms with E-state index in [0.29, 0.717) is 6.54 Å². The van der Waals surface area contributed by atoms with Gasteiger partial charge in [0.2, 0.25) is 0 Å². The zero-order valence-electron chi connectivity index (χ0n) is 14.9. The first kappa shape index (κ1) is 17.1. The van der Waals surface area contributed by atoms with Gasteiger partial charge in [0.25, 0.3) is 11.5 Å². The van der Waals surface area contributed by atoms with E-state index in [0.717, 1.165) is 54.6 Å². The number of thiophene rings is 1. The van der Waals surface area contributed by atoms with E-state index in [4.69, 9.17) is 0 Å². The lowest BCUT2D eigenvalue weighted by Crippen LogP contribution is -2.48. The van der Waals surface area contributed by atoms with Gasteiger partial charge in [0.15, 0.2) is 4.96 Å². The molecule has 5 rings (SSSR count). The summed E-state index contributed by atoms with van der Waals surface area (Å²) in [5, 5.41) is 1.87. The second-order valence-corrected chi connectivity index (χ2v) is 9.13. The summed E-state index contributed by atoms with van der Waals surface area (Å²) in [6, 6.07) is 3.72. The van der Waals surface area contributed by atoms with Crippen LogP contribution in [0.15, 0.2) is 28.5 Å². The van der Waals surface area contributed by atoms with Gasteiger partial charge in [-0.1, -0.05) is 0 Å². The summed E-state index contributed by atoms with van der Waals surface area (Å²) in [7, 11) is 0. The largest absolute Gasteiger partial charge is 0.335 e. The number of thiazole rings is 1. The van der Waals surface area contributed by atoms with Crippen molar-refractivity contribution in [3.63, 3.8) is 0 Å². The third-order valence-corrected chi connectivity index (χ3v) is 7.34. The molecule has 140 valence electrons. The molecule has 1 aliphatic heterocycles. The molecule has 0 saturated carbocycles. The van der Waals surface area contributed by atoms with Gasteiger partial charge in [0.1, 0.15) is 0 Å².